The maximum atomic E-state index is 13.6. The lowest BCUT2D eigenvalue weighted by Gasteiger charge is -2.28. The number of ether oxygens (including phenoxy) is 1. The van der Waals surface area contributed by atoms with E-state index in [4.69, 9.17) is 4.74 Å². The highest BCUT2D eigenvalue weighted by molar-refractivity contribution is 5.96. The van der Waals surface area contributed by atoms with Crippen LogP contribution in [0.1, 0.15) is 70.1 Å². The van der Waals surface area contributed by atoms with Crippen LogP contribution in [0, 0.1) is 12.8 Å². The minimum absolute atomic E-state index is 0.178. The van der Waals surface area contributed by atoms with Crippen LogP contribution >= 0.6 is 0 Å². The summed E-state index contributed by atoms with van der Waals surface area (Å²) >= 11 is 0. The smallest absolute Gasteiger partial charge is 0.245 e. The molecule has 0 unspecified atom stereocenters. The van der Waals surface area contributed by atoms with Crippen molar-refractivity contribution < 1.29 is 33.5 Å². The van der Waals surface area contributed by atoms with Crippen molar-refractivity contribution in [2.24, 2.45) is 5.92 Å². The molecule has 2 aromatic carbocycles. The number of benzene rings is 2. The number of likely N-dealkylation sites (N-methyl/N-ethyl adjacent to an activating group) is 1. The van der Waals surface area contributed by atoms with Gasteiger partial charge in [-0.1, -0.05) is 56.3 Å². The normalized spacial score (nSPS) is 21.5. The summed E-state index contributed by atoms with van der Waals surface area (Å²) in [6, 6.07) is 11.1. The minimum atomic E-state index is -1.05. The van der Waals surface area contributed by atoms with Crippen molar-refractivity contribution >= 4 is 35.4 Å². The van der Waals surface area contributed by atoms with Crippen LogP contribution < -0.4 is 31.3 Å². The van der Waals surface area contributed by atoms with Gasteiger partial charge in [0.25, 0.3) is 0 Å². The molecule has 6 amide bonds. The lowest BCUT2D eigenvalue weighted by Crippen LogP contribution is -2.59. The maximum Gasteiger partial charge on any atom is 0.245 e. The van der Waals surface area contributed by atoms with Gasteiger partial charge in [0.15, 0.2) is 0 Å². The molecule has 51 heavy (non-hydrogen) atoms. The molecule has 0 radical (unpaired) electrons. The highest BCUT2D eigenvalue weighted by Gasteiger charge is 2.32. The Morgan fingerprint density at radius 2 is 1.69 bits per heavy atom. The molecule has 13 heteroatoms. The van der Waals surface area contributed by atoms with E-state index in [1.54, 1.807) is 13.8 Å². The summed E-state index contributed by atoms with van der Waals surface area (Å²) < 4.78 is 5.61. The minimum Gasteiger partial charge on any atom is -0.494 e. The molecule has 3 rings (SSSR count). The summed E-state index contributed by atoms with van der Waals surface area (Å²) in [7, 11) is 1.48. The zero-order valence-electron chi connectivity index (χ0n) is 30.7. The molecule has 0 saturated carbocycles. The van der Waals surface area contributed by atoms with Crippen LogP contribution in [0.25, 0.3) is 0 Å². The van der Waals surface area contributed by atoms with Crippen molar-refractivity contribution in [3.63, 3.8) is 0 Å². The fourth-order valence-electron chi connectivity index (χ4n) is 5.83. The third-order valence-corrected chi connectivity index (χ3v) is 8.71. The van der Waals surface area contributed by atoms with E-state index in [9.17, 15) is 28.8 Å². The van der Waals surface area contributed by atoms with Crippen molar-refractivity contribution in [1.29, 1.82) is 0 Å². The van der Waals surface area contributed by atoms with E-state index < -0.39 is 53.7 Å². The third kappa shape index (κ3) is 13.0. The number of carbonyl (C=O) groups is 6. The average Bonchev–Trinajstić information content (AvgIpc) is 3.08. The summed E-state index contributed by atoms with van der Waals surface area (Å²) in [6.07, 6.45) is 2.11. The van der Waals surface area contributed by atoms with Gasteiger partial charge in [-0.15, -0.1) is 0 Å². The number of hydrogen-bond acceptors (Lipinski definition) is 7. The molecular weight excluding hydrogens is 652 g/mol. The third-order valence-electron chi connectivity index (χ3n) is 8.71. The molecule has 0 bridgehead atoms. The molecule has 2 aromatic rings. The first kappa shape index (κ1) is 40.5. The Labute approximate surface area is 301 Å². The monoisotopic (exact) mass is 706 g/mol. The van der Waals surface area contributed by atoms with Gasteiger partial charge in [0.1, 0.15) is 29.9 Å². The van der Waals surface area contributed by atoms with Gasteiger partial charge in [-0.05, 0) is 75.1 Å². The Kier molecular flexibility index (Phi) is 15.9. The van der Waals surface area contributed by atoms with E-state index in [0.29, 0.717) is 25.9 Å². The molecule has 13 nitrogen and oxygen atoms in total. The van der Waals surface area contributed by atoms with E-state index >= 15 is 0 Å². The highest BCUT2D eigenvalue weighted by atomic mass is 16.5. The van der Waals surface area contributed by atoms with Crippen molar-refractivity contribution in [2.45, 2.75) is 97.3 Å². The van der Waals surface area contributed by atoms with Crippen LogP contribution in [-0.4, -0.2) is 91.3 Å². The van der Waals surface area contributed by atoms with Crippen LogP contribution in [-0.2, 0) is 41.6 Å². The number of nitrogens with zero attached hydrogens (tertiary/aromatic N) is 1. The summed E-state index contributed by atoms with van der Waals surface area (Å²) in [6.45, 7) is 9.43. The first-order chi connectivity index (χ1) is 24.3. The molecule has 1 aliphatic heterocycles. The molecule has 0 aliphatic carbocycles. The fraction of sp³-hybridized carbons (Fsp3) is 0.526. The summed E-state index contributed by atoms with van der Waals surface area (Å²) in [4.78, 5) is 80.9. The topological polar surface area (TPSA) is 175 Å². The molecular formula is C38H54N6O7. The molecule has 4 atom stereocenters. The number of carbonyl (C=O) groups excluding carboxylic acids is 6. The van der Waals surface area contributed by atoms with Crippen LogP contribution in [0.5, 0.6) is 5.75 Å². The van der Waals surface area contributed by atoms with Gasteiger partial charge in [0.2, 0.25) is 35.4 Å². The SMILES string of the molecule is CCOc1ccc(CCCC(=O)N[C@H]2CCCNC(=O)CN(C)C(=O)[C@H](Cc3ccccc3)NC(=O)[C@@H](C)NC(=O)[C@@H](C(C)C)NC2=O)cc1C. The van der Waals surface area contributed by atoms with E-state index in [-0.39, 0.29) is 44.2 Å². The first-order valence-electron chi connectivity index (χ1n) is 17.8. The molecule has 1 aliphatic rings. The van der Waals surface area contributed by atoms with Crippen LogP contribution in [0.2, 0.25) is 0 Å². The van der Waals surface area contributed by atoms with Gasteiger partial charge in [-0.3, -0.25) is 28.8 Å². The first-order valence-corrected chi connectivity index (χ1v) is 17.8. The second-order valence-electron chi connectivity index (χ2n) is 13.4. The van der Waals surface area contributed by atoms with Gasteiger partial charge in [0.05, 0.1) is 13.2 Å². The zero-order valence-corrected chi connectivity index (χ0v) is 30.7. The second-order valence-corrected chi connectivity index (χ2v) is 13.4. The number of aryl methyl sites for hydroxylation is 2. The summed E-state index contributed by atoms with van der Waals surface area (Å²) in [5.41, 5.74) is 2.89. The molecule has 1 saturated heterocycles. The van der Waals surface area contributed by atoms with E-state index in [1.807, 2.05) is 62.4 Å². The molecule has 0 spiro atoms. The van der Waals surface area contributed by atoms with Crippen molar-refractivity contribution in [2.75, 3.05) is 26.7 Å². The van der Waals surface area contributed by atoms with E-state index in [0.717, 1.165) is 22.4 Å². The van der Waals surface area contributed by atoms with Crippen molar-refractivity contribution in [3.05, 3.63) is 65.2 Å². The Morgan fingerprint density at radius 3 is 2.35 bits per heavy atom. The van der Waals surface area contributed by atoms with Gasteiger partial charge < -0.3 is 36.2 Å². The number of rotatable bonds is 10. The van der Waals surface area contributed by atoms with Crippen LogP contribution in [0.15, 0.2) is 48.5 Å². The number of hydrogen-bond donors (Lipinski definition) is 5. The Bertz CT molecular complexity index is 1520. The standard InChI is InChI=1S/C38H54N6O7/c1-7-51-31-19-18-28(21-25(31)4)15-11-17-32(45)41-29-16-12-20-39-33(46)23-44(6)38(50)30(22-27-13-9-8-10-14-27)42-35(47)26(5)40-37(49)34(24(2)3)43-36(29)48/h8-10,13-14,18-19,21,24,26,29-30,34H,7,11-12,15-17,20,22-23H2,1-6H3,(H,39,46)(H,40,49)(H,41,45)(H,42,47)(H,43,48)/t26-,29+,30+,34-/m1/s1. The maximum absolute atomic E-state index is 13.6. The van der Waals surface area contributed by atoms with Gasteiger partial charge in [-0.2, -0.15) is 0 Å². The lowest BCUT2D eigenvalue weighted by atomic mass is 10.0. The van der Waals surface area contributed by atoms with Crippen LogP contribution in [0.4, 0.5) is 0 Å². The van der Waals surface area contributed by atoms with E-state index in [2.05, 4.69) is 26.6 Å². The van der Waals surface area contributed by atoms with Gasteiger partial charge in [-0.25, -0.2) is 0 Å². The second kappa shape index (κ2) is 20.0. The fourth-order valence-corrected chi connectivity index (χ4v) is 5.83. The van der Waals surface area contributed by atoms with Gasteiger partial charge >= 0.3 is 0 Å². The summed E-state index contributed by atoms with van der Waals surface area (Å²) in [5.74, 6) is -2.44. The molecule has 0 aromatic heterocycles. The van der Waals surface area contributed by atoms with Crippen LogP contribution in [0.3, 0.4) is 0 Å². The molecule has 1 heterocycles. The highest BCUT2D eigenvalue weighted by Crippen LogP contribution is 2.20. The lowest BCUT2D eigenvalue weighted by molar-refractivity contribution is -0.139. The number of nitrogens with one attached hydrogen (secondary N) is 5. The Hall–Kier alpha value is -4.94. The zero-order chi connectivity index (χ0) is 37.5. The Morgan fingerprint density at radius 1 is 0.961 bits per heavy atom. The molecule has 5 N–H and O–H groups in total. The van der Waals surface area contributed by atoms with E-state index in [1.165, 1.54) is 18.9 Å². The summed E-state index contributed by atoms with van der Waals surface area (Å²) in [5, 5.41) is 13.8. The molecule has 278 valence electrons. The molecule has 1 fully saturated rings. The Balaban J connectivity index is 1.73. The predicted octanol–water partition coefficient (Wildman–Crippen LogP) is 1.94. The average molecular weight is 707 g/mol. The van der Waals surface area contributed by atoms with Crippen molar-refractivity contribution in [1.82, 2.24) is 31.5 Å². The number of amides is 6. The quantitative estimate of drug-likeness (QED) is 0.251. The predicted molar refractivity (Wildman–Crippen MR) is 194 cm³/mol. The van der Waals surface area contributed by atoms with Gasteiger partial charge in [0, 0.05) is 26.4 Å². The largest absolute Gasteiger partial charge is 0.494 e. The van der Waals surface area contributed by atoms with Crippen molar-refractivity contribution in [3.8, 4) is 5.75 Å².